The van der Waals surface area contributed by atoms with Crippen molar-refractivity contribution in [3.63, 3.8) is 0 Å². The third kappa shape index (κ3) is 2.73. The molecule has 0 spiro atoms. The quantitative estimate of drug-likeness (QED) is 0.854. The van der Waals surface area contributed by atoms with E-state index in [1.165, 1.54) is 0 Å². The maximum absolute atomic E-state index is 6.08. The highest BCUT2D eigenvalue weighted by molar-refractivity contribution is 6.91. The molecule has 0 aromatic carbocycles. The third-order valence-corrected chi connectivity index (χ3v) is 10.8. The second kappa shape index (κ2) is 4.70. The molecule has 0 radical (unpaired) electrons. The Bertz CT molecular complexity index is 516. The number of hydrogen-bond donors (Lipinski definition) is 1. The van der Waals surface area contributed by atoms with E-state index in [1.807, 2.05) is 6.20 Å². The Morgan fingerprint density at radius 1 is 1.10 bits per heavy atom. The smallest absolute Gasteiger partial charge is 0.398 e. The van der Waals surface area contributed by atoms with Gasteiger partial charge in [0.25, 0.3) is 0 Å². The van der Waals surface area contributed by atoms with Gasteiger partial charge in [-0.3, -0.25) is 0 Å². The van der Waals surface area contributed by atoms with Crippen LogP contribution >= 0.6 is 0 Å². The van der Waals surface area contributed by atoms with Crippen molar-refractivity contribution in [1.82, 2.24) is 9.97 Å². The minimum atomic E-state index is -1.66. The number of aromatic amines is 1. The largest absolute Gasteiger partial charge is 0.513 e. The van der Waals surface area contributed by atoms with E-state index in [-0.39, 0.29) is 23.4 Å². The standard InChI is InChI=1S/C15H29BN2O2Si/c1-13(2,3)21(8,9)12-17-10-11(18-12)16-19-14(4,5)15(6,7)20-16/h10H,1-9H3,(H,17,18). The Morgan fingerprint density at radius 2 is 1.57 bits per heavy atom. The summed E-state index contributed by atoms with van der Waals surface area (Å²) in [4.78, 5) is 8.12. The summed E-state index contributed by atoms with van der Waals surface area (Å²) >= 11 is 0. The van der Waals surface area contributed by atoms with Crippen LogP contribution in [0, 0.1) is 0 Å². The van der Waals surface area contributed by atoms with E-state index in [0.29, 0.717) is 0 Å². The lowest BCUT2D eigenvalue weighted by Gasteiger charge is -2.34. The van der Waals surface area contributed by atoms with E-state index < -0.39 is 8.07 Å². The van der Waals surface area contributed by atoms with E-state index in [9.17, 15) is 0 Å². The molecule has 118 valence electrons. The van der Waals surface area contributed by atoms with Gasteiger partial charge < -0.3 is 14.3 Å². The minimum absolute atomic E-state index is 0.248. The lowest BCUT2D eigenvalue weighted by Crippen LogP contribution is -2.52. The van der Waals surface area contributed by atoms with Gasteiger partial charge in [-0.05, 0) is 32.7 Å². The van der Waals surface area contributed by atoms with E-state index in [0.717, 1.165) is 11.0 Å². The molecule has 1 aromatic heterocycles. The molecule has 1 aliphatic rings. The molecule has 0 saturated carbocycles. The fourth-order valence-corrected chi connectivity index (χ4v) is 3.65. The summed E-state index contributed by atoms with van der Waals surface area (Å²) in [6.45, 7) is 19.8. The van der Waals surface area contributed by atoms with Gasteiger partial charge in [0.15, 0.2) is 0 Å². The maximum Gasteiger partial charge on any atom is 0.513 e. The van der Waals surface area contributed by atoms with Crippen LogP contribution in [0.5, 0.6) is 0 Å². The van der Waals surface area contributed by atoms with Crippen molar-refractivity contribution in [2.75, 3.05) is 0 Å². The summed E-state index contributed by atoms with van der Waals surface area (Å²) in [7, 11) is -2.02. The Hall–Kier alpha value is -0.588. The highest BCUT2D eigenvalue weighted by atomic mass is 28.3. The molecule has 1 N–H and O–H groups in total. The first-order valence-electron chi connectivity index (χ1n) is 7.69. The third-order valence-electron chi connectivity index (χ3n) is 5.57. The first-order chi connectivity index (χ1) is 9.28. The van der Waals surface area contributed by atoms with Gasteiger partial charge in [-0.1, -0.05) is 33.9 Å². The molecule has 1 aliphatic heterocycles. The van der Waals surface area contributed by atoms with Crippen LogP contribution < -0.4 is 11.0 Å². The van der Waals surface area contributed by atoms with Gasteiger partial charge in [-0.15, -0.1) is 0 Å². The summed E-state index contributed by atoms with van der Waals surface area (Å²) in [6, 6.07) is 0. The predicted molar refractivity (Wildman–Crippen MR) is 91.1 cm³/mol. The average Bonchev–Trinajstić information content (AvgIpc) is 2.81. The zero-order valence-corrected chi connectivity index (χ0v) is 15.9. The second-order valence-corrected chi connectivity index (χ2v) is 13.9. The van der Waals surface area contributed by atoms with Crippen molar-refractivity contribution < 1.29 is 9.31 Å². The first kappa shape index (κ1) is 16.8. The fourth-order valence-electron chi connectivity index (χ4n) is 2.10. The molecular formula is C15H29BN2O2Si. The maximum atomic E-state index is 6.08. The van der Waals surface area contributed by atoms with Gasteiger partial charge in [-0.2, -0.15) is 0 Å². The van der Waals surface area contributed by atoms with Crippen LogP contribution in [-0.2, 0) is 9.31 Å². The number of imidazole rings is 1. The normalized spacial score (nSPS) is 21.9. The Kier molecular flexibility index (Phi) is 3.76. The summed E-state index contributed by atoms with van der Waals surface area (Å²) in [6.07, 6.45) is 1.87. The second-order valence-electron chi connectivity index (χ2n) is 8.65. The zero-order chi connectivity index (χ0) is 16.3. The molecule has 2 heterocycles. The zero-order valence-electron chi connectivity index (χ0n) is 14.9. The van der Waals surface area contributed by atoms with Crippen LogP contribution in [0.1, 0.15) is 48.5 Å². The Balaban J connectivity index is 2.27. The number of nitrogens with zero attached hydrogens (tertiary/aromatic N) is 1. The number of hydrogen-bond acceptors (Lipinski definition) is 3. The molecule has 6 heteroatoms. The van der Waals surface area contributed by atoms with Crippen molar-refractivity contribution in [3.05, 3.63) is 6.20 Å². The SMILES string of the molecule is CC1(C)OB(c2cnc([Si](C)(C)C(C)(C)C)[nH]2)OC1(C)C. The summed E-state index contributed by atoms with van der Waals surface area (Å²) in [5.74, 6) is 0. The summed E-state index contributed by atoms with van der Waals surface area (Å²) < 4.78 is 12.2. The van der Waals surface area contributed by atoms with Gasteiger partial charge in [-0.25, -0.2) is 4.98 Å². The van der Waals surface area contributed by atoms with E-state index in [1.54, 1.807) is 0 Å². The summed E-state index contributed by atoms with van der Waals surface area (Å²) in [5.41, 5.74) is 1.40. The Labute approximate surface area is 130 Å². The molecule has 4 nitrogen and oxygen atoms in total. The molecule has 0 bridgehead atoms. The van der Waals surface area contributed by atoms with E-state index in [2.05, 4.69) is 71.5 Å². The molecule has 0 unspecified atom stereocenters. The first-order valence-corrected chi connectivity index (χ1v) is 10.7. The predicted octanol–water partition coefficient (Wildman–Crippen LogP) is 2.42. The molecule has 2 rings (SSSR count). The van der Waals surface area contributed by atoms with Crippen molar-refractivity contribution in [2.45, 2.75) is 77.8 Å². The highest BCUT2D eigenvalue weighted by Gasteiger charge is 2.52. The number of aromatic nitrogens is 2. The van der Waals surface area contributed by atoms with Crippen LogP contribution in [0.25, 0.3) is 0 Å². The number of nitrogens with one attached hydrogen (secondary N) is 1. The van der Waals surface area contributed by atoms with Crippen molar-refractivity contribution in [2.24, 2.45) is 0 Å². The molecule has 21 heavy (non-hydrogen) atoms. The molecule has 1 fully saturated rings. The van der Waals surface area contributed by atoms with Crippen LogP contribution in [0.4, 0.5) is 0 Å². The van der Waals surface area contributed by atoms with Gasteiger partial charge in [0.2, 0.25) is 0 Å². The lowest BCUT2D eigenvalue weighted by atomic mass is 9.86. The van der Waals surface area contributed by atoms with E-state index >= 15 is 0 Å². The minimum Gasteiger partial charge on any atom is -0.398 e. The fraction of sp³-hybridized carbons (Fsp3) is 0.800. The molecule has 0 amide bonds. The monoisotopic (exact) mass is 308 g/mol. The van der Waals surface area contributed by atoms with Crippen LogP contribution in [-0.4, -0.2) is 36.4 Å². The van der Waals surface area contributed by atoms with Gasteiger partial charge in [0, 0.05) is 6.20 Å². The summed E-state index contributed by atoms with van der Waals surface area (Å²) in [5, 5.41) is 0.248. The molecule has 1 aromatic rings. The molecule has 1 saturated heterocycles. The average molecular weight is 308 g/mol. The van der Waals surface area contributed by atoms with Gasteiger partial charge >= 0.3 is 7.12 Å². The number of rotatable bonds is 2. The van der Waals surface area contributed by atoms with Crippen molar-refractivity contribution in [1.29, 1.82) is 0 Å². The van der Waals surface area contributed by atoms with Crippen LogP contribution in [0.2, 0.25) is 18.1 Å². The molecule has 0 atom stereocenters. The van der Waals surface area contributed by atoms with Crippen molar-refractivity contribution >= 4 is 26.2 Å². The highest BCUT2D eigenvalue weighted by Crippen LogP contribution is 2.37. The Morgan fingerprint density at radius 3 is 2.00 bits per heavy atom. The van der Waals surface area contributed by atoms with Crippen molar-refractivity contribution in [3.8, 4) is 0 Å². The van der Waals surface area contributed by atoms with Gasteiger partial charge in [0.05, 0.1) is 22.2 Å². The van der Waals surface area contributed by atoms with Crippen LogP contribution in [0.15, 0.2) is 6.20 Å². The molecule has 0 aliphatic carbocycles. The topological polar surface area (TPSA) is 47.1 Å². The lowest BCUT2D eigenvalue weighted by molar-refractivity contribution is 0.00578. The van der Waals surface area contributed by atoms with Crippen LogP contribution in [0.3, 0.4) is 0 Å². The number of H-pyrrole nitrogens is 1. The van der Waals surface area contributed by atoms with E-state index in [4.69, 9.17) is 9.31 Å². The van der Waals surface area contributed by atoms with Gasteiger partial charge in [0.1, 0.15) is 8.07 Å². The molecular weight excluding hydrogens is 279 g/mol.